The van der Waals surface area contributed by atoms with Crippen LogP contribution in [0.1, 0.15) is 78.1 Å². The maximum Gasteiger partial charge on any atom is 0.185 e. The Bertz CT molecular complexity index is 186. The fraction of sp³-hybridized carbons (Fsp3) is 0.933. The average molecular weight is 255 g/mol. The number of hydrogen-bond acceptors (Lipinski definition) is 1. The molecule has 3 heteroatoms. The zero-order valence-corrected chi connectivity index (χ0v) is 12.5. The van der Waals surface area contributed by atoms with Gasteiger partial charge in [-0.1, -0.05) is 65.2 Å². The normalized spacial score (nSPS) is 10.8. The van der Waals surface area contributed by atoms with E-state index in [-0.39, 0.29) is 5.96 Å². The van der Waals surface area contributed by atoms with Crippen LogP contribution >= 0.6 is 0 Å². The second-order valence-electron chi connectivity index (χ2n) is 5.33. The third kappa shape index (κ3) is 11.7. The third-order valence-electron chi connectivity index (χ3n) is 3.46. The highest BCUT2D eigenvalue weighted by Gasteiger charge is 2.07. The fourth-order valence-electron chi connectivity index (χ4n) is 2.28. The van der Waals surface area contributed by atoms with Crippen LogP contribution in [0.3, 0.4) is 0 Å². The summed E-state index contributed by atoms with van der Waals surface area (Å²) in [4.78, 5) is 4.19. The van der Waals surface area contributed by atoms with E-state index in [1.807, 2.05) is 0 Å². The second-order valence-corrected chi connectivity index (χ2v) is 5.33. The van der Waals surface area contributed by atoms with Gasteiger partial charge in [0, 0.05) is 6.54 Å². The minimum absolute atomic E-state index is 0.238. The molecule has 3 nitrogen and oxygen atoms in total. The van der Waals surface area contributed by atoms with Gasteiger partial charge in [0.05, 0.1) is 0 Å². The Hall–Kier alpha value is -0.730. The molecule has 0 aliphatic rings. The van der Waals surface area contributed by atoms with E-state index in [0.29, 0.717) is 5.92 Å². The van der Waals surface area contributed by atoms with Gasteiger partial charge < -0.3 is 11.5 Å². The summed E-state index contributed by atoms with van der Waals surface area (Å²) in [5.41, 5.74) is 10.8. The van der Waals surface area contributed by atoms with Gasteiger partial charge in [-0.25, -0.2) is 0 Å². The zero-order valence-electron chi connectivity index (χ0n) is 12.5. The van der Waals surface area contributed by atoms with Crippen molar-refractivity contribution < 1.29 is 0 Å². The highest BCUT2D eigenvalue weighted by atomic mass is 15.0. The molecule has 0 amide bonds. The highest BCUT2D eigenvalue weighted by molar-refractivity contribution is 5.75. The topological polar surface area (TPSA) is 64.4 Å². The van der Waals surface area contributed by atoms with Crippen molar-refractivity contribution in [1.29, 1.82) is 0 Å². The van der Waals surface area contributed by atoms with Gasteiger partial charge in [-0.15, -0.1) is 0 Å². The van der Waals surface area contributed by atoms with E-state index in [0.717, 1.165) is 6.54 Å². The van der Waals surface area contributed by atoms with Crippen molar-refractivity contribution in [3.63, 3.8) is 0 Å². The average Bonchev–Trinajstić information content (AvgIpc) is 2.35. The number of guanidine groups is 1. The van der Waals surface area contributed by atoms with Crippen LogP contribution in [0.2, 0.25) is 0 Å². The van der Waals surface area contributed by atoms with E-state index in [4.69, 9.17) is 11.5 Å². The van der Waals surface area contributed by atoms with Crippen LogP contribution in [-0.2, 0) is 0 Å². The van der Waals surface area contributed by atoms with Crippen LogP contribution in [-0.4, -0.2) is 12.5 Å². The molecule has 18 heavy (non-hydrogen) atoms. The van der Waals surface area contributed by atoms with E-state index in [9.17, 15) is 0 Å². The van der Waals surface area contributed by atoms with Gasteiger partial charge in [-0.3, -0.25) is 4.99 Å². The minimum Gasteiger partial charge on any atom is -0.370 e. The van der Waals surface area contributed by atoms with Crippen molar-refractivity contribution in [2.24, 2.45) is 22.4 Å². The smallest absolute Gasteiger partial charge is 0.185 e. The quantitative estimate of drug-likeness (QED) is 0.316. The van der Waals surface area contributed by atoms with Gasteiger partial charge in [-0.05, 0) is 18.8 Å². The summed E-state index contributed by atoms with van der Waals surface area (Å²) in [6.45, 7) is 5.32. The van der Waals surface area contributed by atoms with Crippen LogP contribution in [0.15, 0.2) is 4.99 Å². The van der Waals surface area contributed by atoms with Gasteiger partial charge in [0.2, 0.25) is 0 Å². The first kappa shape index (κ1) is 17.3. The van der Waals surface area contributed by atoms with Gasteiger partial charge in [-0.2, -0.15) is 0 Å². The minimum atomic E-state index is 0.238. The Labute approximate surface area is 113 Å². The summed E-state index contributed by atoms with van der Waals surface area (Å²) < 4.78 is 0. The molecule has 0 unspecified atom stereocenters. The lowest BCUT2D eigenvalue weighted by Crippen LogP contribution is -2.24. The van der Waals surface area contributed by atoms with Gasteiger partial charge >= 0.3 is 0 Å². The maximum atomic E-state index is 5.42. The Kier molecular flexibility index (Phi) is 12.2. The Morgan fingerprint density at radius 2 is 1.33 bits per heavy atom. The molecule has 108 valence electrons. The molecule has 0 atom stereocenters. The Morgan fingerprint density at radius 1 is 0.833 bits per heavy atom. The molecular formula is C15H33N3. The van der Waals surface area contributed by atoms with Crippen LogP contribution in [0.5, 0.6) is 0 Å². The maximum absolute atomic E-state index is 5.42. The molecule has 0 aromatic heterocycles. The van der Waals surface area contributed by atoms with Crippen molar-refractivity contribution in [3.8, 4) is 0 Å². The standard InChI is InChI=1S/C15H33N3/c1-3-5-7-9-11-14(13-18-15(16)17)12-10-8-6-4-2/h14H,3-13H2,1-2H3,(H4,16,17,18). The van der Waals surface area contributed by atoms with Gasteiger partial charge in [0.25, 0.3) is 0 Å². The lowest BCUT2D eigenvalue weighted by atomic mass is 9.94. The molecule has 4 N–H and O–H groups in total. The molecule has 0 heterocycles. The number of nitrogens with zero attached hydrogens (tertiary/aromatic N) is 1. The van der Waals surface area contributed by atoms with E-state index in [2.05, 4.69) is 18.8 Å². The van der Waals surface area contributed by atoms with Crippen molar-refractivity contribution in [2.45, 2.75) is 78.1 Å². The molecule has 0 aromatic rings. The molecule has 0 aliphatic heterocycles. The third-order valence-corrected chi connectivity index (χ3v) is 3.46. The first-order valence-electron chi connectivity index (χ1n) is 7.76. The number of aliphatic imine (C=N–C) groups is 1. The summed E-state index contributed by atoms with van der Waals surface area (Å²) in [6, 6.07) is 0. The van der Waals surface area contributed by atoms with Crippen LogP contribution in [0.4, 0.5) is 0 Å². The summed E-state index contributed by atoms with van der Waals surface area (Å²) in [6.07, 6.45) is 13.2. The van der Waals surface area contributed by atoms with E-state index < -0.39 is 0 Å². The molecule has 0 bridgehead atoms. The molecule has 0 radical (unpaired) electrons. The molecule has 0 fully saturated rings. The zero-order chi connectivity index (χ0) is 13.6. The van der Waals surface area contributed by atoms with Crippen LogP contribution < -0.4 is 11.5 Å². The molecule has 0 aliphatic carbocycles. The number of hydrogen-bond donors (Lipinski definition) is 2. The second kappa shape index (κ2) is 12.7. The largest absolute Gasteiger partial charge is 0.370 e. The molecule has 0 aromatic carbocycles. The predicted octanol–water partition coefficient (Wildman–Crippen LogP) is 3.82. The molecule has 0 rings (SSSR count). The van der Waals surface area contributed by atoms with Crippen molar-refractivity contribution in [2.75, 3.05) is 6.54 Å². The van der Waals surface area contributed by atoms with Crippen LogP contribution in [0.25, 0.3) is 0 Å². The summed E-state index contributed by atoms with van der Waals surface area (Å²) in [7, 11) is 0. The van der Waals surface area contributed by atoms with Gasteiger partial charge in [0.1, 0.15) is 0 Å². The van der Waals surface area contributed by atoms with Gasteiger partial charge in [0.15, 0.2) is 5.96 Å². The number of rotatable bonds is 12. The summed E-state index contributed by atoms with van der Waals surface area (Å²) in [5.74, 6) is 0.919. The lowest BCUT2D eigenvalue weighted by Gasteiger charge is -2.14. The number of unbranched alkanes of at least 4 members (excludes halogenated alkanes) is 6. The Morgan fingerprint density at radius 3 is 1.72 bits per heavy atom. The van der Waals surface area contributed by atoms with Crippen molar-refractivity contribution >= 4 is 5.96 Å². The molecule has 0 saturated carbocycles. The number of nitrogens with two attached hydrogens (primary N) is 2. The first-order valence-corrected chi connectivity index (χ1v) is 7.76. The fourth-order valence-corrected chi connectivity index (χ4v) is 2.28. The first-order chi connectivity index (χ1) is 8.70. The van der Waals surface area contributed by atoms with Crippen LogP contribution in [0, 0.1) is 5.92 Å². The SMILES string of the molecule is CCCCCCC(CCCCCC)CN=C(N)N. The van der Waals surface area contributed by atoms with E-state index >= 15 is 0 Å². The van der Waals surface area contributed by atoms with E-state index in [1.165, 1.54) is 64.2 Å². The highest BCUT2D eigenvalue weighted by Crippen LogP contribution is 2.18. The van der Waals surface area contributed by atoms with Crippen molar-refractivity contribution in [3.05, 3.63) is 0 Å². The summed E-state index contributed by atoms with van der Waals surface area (Å²) in [5, 5.41) is 0. The monoisotopic (exact) mass is 255 g/mol. The lowest BCUT2D eigenvalue weighted by molar-refractivity contribution is 0.415. The Balaban J connectivity index is 3.80. The molecular weight excluding hydrogens is 222 g/mol. The summed E-state index contributed by atoms with van der Waals surface area (Å²) >= 11 is 0. The van der Waals surface area contributed by atoms with Crippen molar-refractivity contribution in [1.82, 2.24) is 0 Å². The molecule has 0 spiro atoms. The predicted molar refractivity (Wildman–Crippen MR) is 81.7 cm³/mol. The van der Waals surface area contributed by atoms with E-state index in [1.54, 1.807) is 0 Å². The molecule has 0 saturated heterocycles.